The second kappa shape index (κ2) is 7.77. The van der Waals surface area contributed by atoms with Crippen LogP contribution in [0.4, 0.5) is 5.82 Å². The van der Waals surface area contributed by atoms with Crippen molar-refractivity contribution in [2.75, 3.05) is 11.6 Å². The molecule has 0 radical (unpaired) electrons. The van der Waals surface area contributed by atoms with Gasteiger partial charge in [0.2, 0.25) is 0 Å². The lowest BCUT2D eigenvalue weighted by molar-refractivity contribution is 0.590. The largest absolute Gasteiger partial charge is 0.367 e. The lowest BCUT2D eigenvalue weighted by atomic mass is 10.1. The van der Waals surface area contributed by atoms with Crippen molar-refractivity contribution in [3.05, 3.63) is 11.2 Å². The van der Waals surface area contributed by atoms with Crippen LogP contribution in [0.5, 0.6) is 0 Å². The van der Waals surface area contributed by atoms with Crippen LogP contribution in [0.3, 0.4) is 0 Å². The summed E-state index contributed by atoms with van der Waals surface area (Å²) < 4.78 is 0. The maximum Gasteiger partial charge on any atom is 0.190 e. The smallest absolute Gasteiger partial charge is 0.190 e. The molecular weight excluding hydrogens is 254 g/mol. The molecule has 1 N–H and O–H groups in total. The molecule has 1 unspecified atom stereocenters. The molecule has 0 aliphatic heterocycles. The highest BCUT2D eigenvalue weighted by molar-refractivity contribution is 7.98. The molecule has 1 rings (SSSR count). The predicted molar refractivity (Wildman–Crippen MR) is 76.0 cm³/mol. The normalized spacial score (nSPS) is 12.5. The summed E-state index contributed by atoms with van der Waals surface area (Å²) in [4.78, 5) is 8.53. The zero-order chi connectivity index (χ0) is 12.7. The highest BCUT2D eigenvalue weighted by Gasteiger charge is 2.08. The molecule has 0 saturated heterocycles. The van der Waals surface area contributed by atoms with Crippen LogP contribution in [0.15, 0.2) is 11.2 Å². The van der Waals surface area contributed by atoms with Gasteiger partial charge in [0, 0.05) is 12.1 Å². The molecule has 0 spiro atoms. The number of nitrogens with one attached hydrogen (secondary N) is 1. The van der Waals surface area contributed by atoms with Crippen LogP contribution in [0.25, 0.3) is 0 Å². The average Bonchev–Trinajstić information content (AvgIpc) is 2.33. The summed E-state index contributed by atoms with van der Waals surface area (Å²) in [6.45, 7) is 4.39. The van der Waals surface area contributed by atoms with Crippen LogP contribution in [0, 0.1) is 0 Å². The highest BCUT2D eigenvalue weighted by Crippen LogP contribution is 2.19. The number of aromatic nitrogens is 2. The molecule has 17 heavy (non-hydrogen) atoms. The molecule has 0 amide bonds. The summed E-state index contributed by atoms with van der Waals surface area (Å²) in [7, 11) is 0. The van der Waals surface area contributed by atoms with Gasteiger partial charge in [-0.25, -0.2) is 9.97 Å². The molecule has 3 nitrogen and oxygen atoms in total. The van der Waals surface area contributed by atoms with Gasteiger partial charge in [0.05, 0.1) is 0 Å². The van der Waals surface area contributed by atoms with E-state index in [9.17, 15) is 0 Å². The van der Waals surface area contributed by atoms with Crippen molar-refractivity contribution in [3.8, 4) is 0 Å². The van der Waals surface area contributed by atoms with Gasteiger partial charge in [-0.3, -0.25) is 0 Å². The fraction of sp³-hybridized carbons (Fsp3) is 0.667. The number of anilines is 1. The van der Waals surface area contributed by atoms with E-state index in [1.807, 2.05) is 6.26 Å². The van der Waals surface area contributed by atoms with E-state index in [1.54, 1.807) is 6.07 Å². The summed E-state index contributed by atoms with van der Waals surface area (Å²) in [6, 6.07) is 2.26. The molecule has 1 atom stereocenters. The number of thioether (sulfide) groups is 1. The molecule has 0 aliphatic rings. The van der Waals surface area contributed by atoms with Gasteiger partial charge in [-0.1, -0.05) is 50.1 Å². The molecule has 0 fully saturated rings. The summed E-state index contributed by atoms with van der Waals surface area (Å²) in [6.07, 6.45) is 6.67. The minimum Gasteiger partial charge on any atom is -0.367 e. The lowest BCUT2D eigenvalue weighted by Gasteiger charge is -2.17. The zero-order valence-corrected chi connectivity index (χ0v) is 12.2. The van der Waals surface area contributed by atoms with Crippen molar-refractivity contribution in [1.29, 1.82) is 0 Å². The minimum absolute atomic E-state index is 0.468. The summed E-state index contributed by atoms with van der Waals surface area (Å²) in [5.74, 6) is 0.831. The van der Waals surface area contributed by atoms with Crippen molar-refractivity contribution < 1.29 is 0 Å². The lowest BCUT2D eigenvalue weighted by Crippen LogP contribution is -2.19. The summed E-state index contributed by atoms with van der Waals surface area (Å²) in [5, 5.41) is 4.64. The molecule has 1 heterocycles. The average molecular weight is 274 g/mol. The van der Waals surface area contributed by atoms with Crippen molar-refractivity contribution in [2.24, 2.45) is 0 Å². The summed E-state index contributed by atoms with van der Waals surface area (Å²) in [5.41, 5.74) is 0. The second-order valence-electron chi connectivity index (χ2n) is 3.95. The third-order valence-electron chi connectivity index (χ3n) is 2.61. The topological polar surface area (TPSA) is 37.8 Å². The third-order valence-corrected chi connectivity index (χ3v) is 3.35. The third kappa shape index (κ3) is 5.13. The number of hydrogen-bond donors (Lipinski definition) is 1. The number of nitrogens with zero attached hydrogens (tertiary/aromatic N) is 2. The fourth-order valence-electron chi connectivity index (χ4n) is 1.60. The Labute approximate surface area is 113 Å². The van der Waals surface area contributed by atoms with E-state index >= 15 is 0 Å². The molecule has 0 aromatic carbocycles. The van der Waals surface area contributed by atoms with E-state index in [0.717, 1.165) is 12.2 Å². The molecule has 0 saturated carbocycles. The molecule has 0 bridgehead atoms. The van der Waals surface area contributed by atoms with Crippen molar-refractivity contribution in [3.63, 3.8) is 0 Å². The minimum atomic E-state index is 0.468. The van der Waals surface area contributed by atoms with Crippen LogP contribution in [0.1, 0.15) is 39.5 Å². The summed E-state index contributed by atoms with van der Waals surface area (Å²) >= 11 is 7.46. The molecular formula is C12H20ClN3S. The SMILES string of the molecule is CCCCC(CC)Nc1cc(Cl)nc(SC)n1. The van der Waals surface area contributed by atoms with Crippen LogP contribution >= 0.6 is 23.4 Å². The maximum absolute atomic E-state index is 5.96. The van der Waals surface area contributed by atoms with E-state index in [-0.39, 0.29) is 0 Å². The van der Waals surface area contributed by atoms with Gasteiger partial charge in [-0.15, -0.1) is 0 Å². The first-order valence-electron chi connectivity index (χ1n) is 6.04. The van der Waals surface area contributed by atoms with Gasteiger partial charge in [0.1, 0.15) is 11.0 Å². The molecule has 1 aromatic heterocycles. The number of rotatable bonds is 7. The van der Waals surface area contributed by atoms with Gasteiger partial charge in [0.25, 0.3) is 0 Å². The van der Waals surface area contributed by atoms with Crippen LogP contribution in [0.2, 0.25) is 5.15 Å². The Balaban J connectivity index is 2.68. The molecule has 0 aliphatic carbocycles. The van der Waals surface area contributed by atoms with Crippen molar-refractivity contribution in [2.45, 2.75) is 50.7 Å². The number of hydrogen-bond acceptors (Lipinski definition) is 4. The van der Waals surface area contributed by atoms with Crippen molar-refractivity contribution >= 4 is 29.2 Å². The number of halogens is 1. The second-order valence-corrected chi connectivity index (χ2v) is 5.11. The van der Waals surface area contributed by atoms with E-state index in [4.69, 9.17) is 11.6 Å². The molecule has 5 heteroatoms. The molecule has 96 valence electrons. The Morgan fingerprint density at radius 1 is 1.41 bits per heavy atom. The van der Waals surface area contributed by atoms with E-state index in [0.29, 0.717) is 16.4 Å². The van der Waals surface area contributed by atoms with E-state index in [2.05, 4.69) is 29.1 Å². The zero-order valence-electron chi connectivity index (χ0n) is 10.7. The quantitative estimate of drug-likeness (QED) is 0.458. The first-order chi connectivity index (χ1) is 8.19. The van der Waals surface area contributed by atoms with E-state index in [1.165, 1.54) is 31.0 Å². The Morgan fingerprint density at radius 2 is 2.18 bits per heavy atom. The van der Waals surface area contributed by atoms with Crippen LogP contribution < -0.4 is 5.32 Å². The Bertz CT molecular complexity index is 347. The van der Waals surface area contributed by atoms with Crippen LogP contribution in [-0.4, -0.2) is 22.3 Å². The highest BCUT2D eigenvalue weighted by atomic mass is 35.5. The first kappa shape index (κ1) is 14.6. The predicted octanol–water partition coefficient (Wildman–Crippen LogP) is 4.23. The van der Waals surface area contributed by atoms with Gasteiger partial charge >= 0.3 is 0 Å². The van der Waals surface area contributed by atoms with Gasteiger partial charge in [-0.2, -0.15) is 0 Å². The molecule has 1 aromatic rings. The number of unbranched alkanes of at least 4 members (excludes halogenated alkanes) is 1. The first-order valence-corrected chi connectivity index (χ1v) is 7.65. The Hall–Kier alpha value is -0.480. The fourth-order valence-corrected chi connectivity index (χ4v) is 2.21. The Morgan fingerprint density at radius 3 is 2.76 bits per heavy atom. The Kier molecular flexibility index (Phi) is 6.66. The van der Waals surface area contributed by atoms with Gasteiger partial charge < -0.3 is 5.32 Å². The maximum atomic E-state index is 5.96. The van der Waals surface area contributed by atoms with Gasteiger partial charge in [-0.05, 0) is 19.1 Å². The monoisotopic (exact) mass is 273 g/mol. The van der Waals surface area contributed by atoms with Crippen LogP contribution in [-0.2, 0) is 0 Å². The van der Waals surface area contributed by atoms with Crippen molar-refractivity contribution in [1.82, 2.24) is 9.97 Å². The van der Waals surface area contributed by atoms with Gasteiger partial charge in [0.15, 0.2) is 5.16 Å². The van der Waals surface area contributed by atoms with E-state index < -0.39 is 0 Å². The standard InChI is InChI=1S/C12H20ClN3S/c1-4-6-7-9(5-2)14-11-8-10(13)15-12(16-11)17-3/h8-9H,4-7H2,1-3H3,(H,14,15,16).